The second kappa shape index (κ2) is 6.13. The lowest BCUT2D eigenvalue weighted by Crippen LogP contribution is -2.26. The Morgan fingerprint density at radius 2 is 2.14 bits per heavy atom. The number of amides is 1. The number of aromatic nitrogens is 2. The van der Waals surface area contributed by atoms with E-state index >= 15 is 0 Å². The van der Waals surface area contributed by atoms with Gasteiger partial charge in [-0.3, -0.25) is 4.79 Å². The van der Waals surface area contributed by atoms with Crippen LogP contribution in [0.5, 0.6) is 0 Å². The summed E-state index contributed by atoms with van der Waals surface area (Å²) in [5, 5.41) is 3.00. The molecule has 114 valence electrons. The van der Waals surface area contributed by atoms with Crippen LogP contribution in [0.1, 0.15) is 29.9 Å². The number of carbonyl (C=O) groups is 1. The van der Waals surface area contributed by atoms with Crippen LogP contribution >= 0.6 is 0 Å². The third-order valence-corrected chi connectivity index (χ3v) is 4.06. The van der Waals surface area contributed by atoms with E-state index < -0.39 is 0 Å². The maximum Gasteiger partial charge on any atom is 0.232 e. The minimum Gasteiger partial charge on any atom is -0.361 e. The summed E-state index contributed by atoms with van der Waals surface area (Å²) in [6, 6.07) is 8.22. The van der Waals surface area contributed by atoms with E-state index in [0.717, 1.165) is 24.8 Å². The van der Waals surface area contributed by atoms with Crippen LogP contribution in [0.2, 0.25) is 0 Å². The van der Waals surface area contributed by atoms with Gasteiger partial charge in [-0.25, -0.2) is 9.97 Å². The van der Waals surface area contributed by atoms with Crippen LogP contribution in [0.25, 0.3) is 0 Å². The molecule has 1 amide bonds. The topological polar surface area (TPSA) is 58.1 Å². The summed E-state index contributed by atoms with van der Waals surface area (Å²) in [5.41, 5.74) is 3.08. The van der Waals surface area contributed by atoms with E-state index in [4.69, 9.17) is 0 Å². The molecule has 1 aliphatic rings. The van der Waals surface area contributed by atoms with Gasteiger partial charge in [0.05, 0.1) is 12.1 Å². The van der Waals surface area contributed by atoms with Crippen molar-refractivity contribution in [2.24, 2.45) is 0 Å². The molecule has 0 bridgehead atoms. The largest absolute Gasteiger partial charge is 0.361 e. The van der Waals surface area contributed by atoms with Crippen molar-refractivity contribution in [3.05, 3.63) is 47.9 Å². The van der Waals surface area contributed by atoms with Crippen LogP contribution in [0.15, 0.2) is 36.8 Å². The molecule has 1 N–H and O–H groups in total. The third kappa shape index (κ3) is 2.79. The lowest BCUT2D eigenvalue weighted by atomic mass is 9.82. The fourth-order valence-electron chi connectivity index (χ4n) is 3.01. The summed E-state index contributed by atoms with van der Waals surface area (Å²) in [5.74, 6) is 0.637. The minimum absolute atomic E-state index is 0.0186. The van der Waals surface area contributed by atoms with E-state index in [1.807, 2.05) is 31.1 Å². The average Bonchev–Trinajstić information content (AvgIpc) is 2.54. The standard InChI is InChI=1S/C17H20N4O/c1-21(2)16-15(10-18-11-19-16)20-17(22)14-9-5-7-12-6-3-4-8-13(12)14/h3-4,6,8,10-11,14H,5,7,9H2,1-2H3,(H,20,22). The lowest BCUT2D eigenvalue weighted by Gasteiger charge is -2.25. The van der Waals surface area contributed by atoms with Gasteiger partial charge in [0.15, 0.2) is 5.82 Å². The van der Waals surface area contributed by atoms with Crippen LogP contribution < -0.4 is 10.2 Å². The maximum absolute atomic E-state index is 12.7. The van der Waals surface area contributed by atoms with Crippen molar-refractivity contribution in [1.82, 2.24) is 9.97 Å². The van der Waals surface area contributed by atoms with E-state index in [2.05, 4.69) is 27.4 Å². The van der Waals surface area contributed by atoms with Crippen LogP contribution in [-0.2, 0) is 11.2 Å². The molecule has 0 aliphatic heterocycles. The molecule has 1 heterocycles. The fraction of sp³-hybridized carbons (Fsp3) is 0.353. The first-order valence-electron chi connectivity index (χ1n) is 7.53. The van der Waals surface area contributed by atoms with Crippen molar-refractivity contribution in [3.63, 3.8) is 0 Å². The van der Waals surface area contributed by atoms with E-state index in [-0.39, 0.29) is 11.8 Å². The molecule has 2 aromatic rings. The molecule has 0 saturated carbocycles. The Morgan fingerprint density at radius 1 is 1.32 bits per heavy atom. The van der Waals surface area contributed by atoms with Crippen molar-refractivity contribution >= 4 is 17.4 Å². The molecule has 0 saturated heterocycles. The van der Waals surface area contributed by atoms with Crippen LogP contribution in [0.3, 0.4) is 0 Å². The number of benzene rings is 1. The monoisotopic (exact) mass is 296 g/mol. The Morgan fingerprint density at radius 3 is 2.95 bits per heavy atom. The fourth-order valence-corrected chi connectivity index (χ4v) is 3.01. The van der Waals surface area contributed by atoms with Crippen molar-refractivity contribution in [3.8, 4) is 0 Å². The van der Waals surface area contributed by atoms with Gasteiger partial charge in [-0.15, -0.1) is 0 Å². The molecule has 1 unspecified atom stereocenters. The van der Waals surface area contributed by atoms with E-state index in [1.54, 1.807) is 6.20 Å². The molecule has 1 aliphatic carbocycles. The number of rotatable bonds is 3. The van der Waals surface area contributed by atoms with Crippen LogP contribution in [0, 0.1) is 0 Å². The highest BCUT2D eigenvalue weighted by Crippen LogP contribution is 2.33. The summed E-state index contributed by atoms with van der Waals surface area (Å²) >= 11 is 0. The van der Waals surface area contributed by atoms with Gasteiger partial charge < -0.3 is 10.2 Å². The molecule has 3 rings (SSSR count). The molecule has 1 aromatic heterocycles. The summed E-state index contributed by atoms with van der Waals surface area (Å²) < 4.78 is 0. The Balaban J connectivity index is 1.85. The molecule has 0 radical (unpaired) electrons. The Hall–Kier alpha value is -2.43. The van der Waals surface area contributed by atoms with Crippen molar-refractivity contribution < 1.29 is 4.79 Å². The molecular formula is C17H20N4O. The average molecular weight is 296 g/mol. The van der Waals surface area contributed by atoms with Gasteiger partial charge in [0, 0.05) is 14.1 Å². The summed E-state index contributed by atoms with van der Waals surface area (Å²) in [6.45, 7) is 0. The number of anilines is 2. The highest BCUT2D eigenvalue weighted by Gasteiger charge is 2.26. The van der Waals surface area contributed by atoms with Gasteiger partial charge in [-0.05, 0) is 30.4 Å². The van der Waals surface area contributed by atoms with E-state index in [0.29, 0.717) is 11.5 Å². The highest BCUT2D eigenvalue weighted by molar-refractivity contribution is 5.98. The molecule has 22 heavy (non-hydrogen) atoms. The highest BCUT2D eigenvalue weighted by atomic mass is 16.1. The van der Waals surface area contributed by atoms with Crippen molar-refractivity contribution in [1.29, 1.82) is 0 Å². The second-order valence-corrected chi connectivity index (χ2v) is 5.79. The zero-order valence-corrected chi connectivity index (χ0v) is 12.9. The molecule has 5 heteroatoms. The number of fused-ring (bicyclic) bond motifs is 1. The summed E-state index contributed by atoms with van der Waals surface area (Å²) in [6.07, 6.45) is 6.11. The number of hydrogen-bond acceptors (Lipinski definition) is 4. The normalized spacial score (nSPS) is 16.7. The molecule has 5 nitrogen and oxygen atoms in total. The summed E-state index contributed by atoms with van der Waals surface area (Å²) in [7, 11) is 3.79. The SMILES string of the molecule is CN(C)c1ncncc1NC(=O)C1CCCc2ccccc21. The Kier molecular flexibility index (Phi) is 4.04. The predicted molar refractivity (Wildman–Crippen MR) is 87.1 cm³/mol. The van der Waals surface area contributed by atoms with Gasteiger partial charge in [-0.1, -0.05) is 24.3 Å². The predicted octanol–water partition coefficient (Wildman–Crippen LogP) is 2.60. The van der Waals surface area contributed by atoms with Crippen molar-refractivity contribution in [2.45, 2.75) is 25.2 Å². The van der Waals surface area contributed by atoms with Gasteiger partial charge in [0.25, 0.3) is 0 Å². The third-order valence-electron chi connectivity index (χ3n) is 4.06. The van der Waals surface area contributed by atoms with Gasteiger partial charge in [0.2, 0.25) is 5.91 Å². The Bertz CT molecular complexity index is 684. The van der Waals surface area contributed by atoms with E-state index in [1.165, 1.54) is 11.9 Å². The first kappa shape index (κ1) is 14.5. The second-order valence-electron chi connectivity index (χ2n) is 5.79. The van der Waals surface area contributed by atoms with Crippen LogP contribution in [0.4, 0.5) is 11.5 Å². The molecule has 0 spiro atoms. The molecule has 0 fully saturated rings. The number of nitrogens with zero attached hydrogens (tertiary/aromatic N) is 3. The van der Waals surface area contributed by atoms with Crippen LogP contribution in [-0.4, -0.2) is 30.0 Å². The number of carbonyl (C=O) groups excluding carboxylic acids is 1. The van der Waals surface area contributed by atoms with Gasteiger partial charge >= 0.3 is 0 Å². The van der Waals surface area contributed by atoms with Gasteiger partial charge in [-0.2, -0.15) is 0 Å². The number of aryl methyl sites for hydroxylation is 1. The quantitative estimate of drug-likeness (QED) is 0.946. The maximum atomic E-state index is 12.7. The Labute approximate surface area is 130 Å². The minimum atomic E-state index is -0.0971. The first-order chi connectivity index (χ1) is 10.7. The number of hydrogen-bond donors (Lipinski definition) is 1. The van der Waals surface area contributed by atoms with E-state index in [9.17, 15) is 4.79 Å². The lowest BCUT2D eigenvalue weighted by molar-refractivity contribution is -0.117. The van der Waals surface area contributed by atoms with Crippen molar-refractivity contribution in [2.75, 3.05) is 24.3 Å². The molecule has 1 aromatic carbocycles. The molecule has 1 atom stereocenters. The summed E-state index contributed by atoms with van der Waals surface area (Å²) in [4.78, 5) is 22.8. The zero-order chi connectivity index (χ0) is 15.5. The van der Waals surface area contributed by atoms with Gasteiger partial charge in [0.1, 0.15) is 12.0 Å². The zero-order valence-electron chi connectivity index (χ0n) is 12.9. The first-order valence-corrected chi connectivity index (χ1v) is 7.53. The smallest absolute Gasteiger partial charge is 0.232 e. The molecular weight excluding hydrogens is 276 g/mol. The number of nitrogens with one attached hydrogen (secondary N) is 1.